The molecular formula is C15H21BrN4. The van der Waals surface area contributed by atoms with Crippen LogP contribution in [-0.2, 0) is 13.0 Å². The molecule has 2 heterocycles. The van der Waals surface area contributed by atoms with Crippen molar-refractivity contribution in [2.45, 2.75) is 39.3 Å². The molecule has 0 aromatic carbocycles. The highest BCUT2D eigenvalue weighted by Crippen LogP contribution is 2.26. The Balaban J connectivity index is 2.24. The van der Waals surface area contributed by atoms with Crippen LogP contribution >= 0.6 is 15.9 Å². The van der Waals surface area contributed by atoms with Gasteiger partial charge >= 0.3 is 0 Å². The molecule has 2 aromatic rings. The predicted molar refractivity (Wildman–Crippen MR) is 84.6 cm³/mol. The number of nitrogens with zero attached hydrogens (tertiary/aromatic N) is 3. The minimum Gasteiger partial charge on any atom is -0.308 e. The van der Waals surface area contributed by atoms with Crippen LogP contribution in [0.15, 0.2) is 35.2 Å². The van der Waals surface area contributed by atoms with Crippen molar-refractivity contribution >= 4 is 15.9 Å². The summed E-state index contributed by atoms with van der Waals surface area (Å²) >= 11 is 3.62. The molecule has 4 nitrogen and oxygen atoms in total. The first-order valence-electron chi connectivity index (χ1n) is 7.09. The van der Waals surface area contributed by atoms with Gasteiger partial charge < -0.3 is 5.32 Å². The fourth-order valence-electron chi connectivity index (χ4n) is 2.31. The summed E-state index contributed by atoms with van der Waals surface area (Å²) in [7, 11) is 0. The molecule has 20 heavy (non-hydrogen) atoms. The van der Waals surface area contributed by atoms with Gasteiger partial charge in [-0.2, -0.15) is 5.10 Å². The quantitative estimate of drug-likeness (QED) is 0.843. The van der Waals surface area contributed by atoms with Crippen LogP contribution < -0.4 is 5.32 Å². The zero-order valence-corrected chi connectivity index (χ0v) is 13.6. The molecule has 0 aliphatic heterocycles. The Morgan fingerprint density at radius 3 is 2.85 bits per heavy atom. The molecule has 0 bridgehead atoms. The molecule has 1 atom stereocenters. The van der Waals surface area contributed by atoms with Gasteiger partial charge in [0.2, 0.25) is 0 Å². The number of nitrogens with one attached hydrogen (secondary N) is 1. The smallest absolute Gasteiger partial charge is 0.0698 e. The van der Waals surface area contributed by atoms with Crippen LogP contribution in [0, 0.1) is 0 Å². The van der Waals surface area contributed by atoms with E-state index >= 15 is 0 Å². The molecule has 0 fully saturated rings. The Morgan fingerprint density at radius 2 is 2.20 bits per heavy atom. The van der Waals surface area contributed by atoms with Gasteiger partial charge in [0.1, 0.15) is 0 Å². The first-order valence-corrected chi connectivity index (χ1v) is 7.89. The first-order chi connectivity index (χ1) is 9.76. The molecule has 2 aromatic heterocycles. The maximum Gasteiger partial charge on any atom is 0.0698 e. The summed E-state index contributed by atoms with van der Waals surface area (Å²) in [6, 6.07) is 4.35. The van der Waals surface area contributed by atoms with E-state index in [1.54, 1.807) is 0 Å². The molecule has 5 heteroatoms. The van der Waals surface area contributed by atoms with Gasteiger partial charge in [-0.25, -0.2) is 0 Å². The molecule has 0 aliphatic carbocycles. The van der Waals surface area contributed by atoms with Gasteiger partial charge in [-0.3, -0.25) is 9.67 Å². The molecule has 0 radical (unpaired) electrons. The third kappa shape index (κ3) is 3.67. The summed E-state index contributed by atoms with van der Waals surface area (Å²) < 4.78 is 3.12. The van der Waals surface area contributed by atoms with Gasteiger partial charge in [-0.15, -0.1) is 0 Å². The topological polar surface area (TPSA) is 42.7 Å². The van der Waals surface area contributed by atoms with Gasteiger partial charge in [0.25, 0.3) is 0 Å². The van der Waals surface area contributed by atoms with Crippen LogP contribution in [0.4, 0.5) is 0 Å². The second kappa shape index (κ2) is 7.55. The van der Waals surface area contributed by atoms with Crippen LogP contribution in [0.2, 0.25) is 0 Å². The molecular weight excluding hydrogens is 316 g/mol. The van der Waals surface area contributed by atoms with E-state index < -0.39 is 0 Å². The van der Waals surface area contributed by atoms with Crippen molar-refractivity contribution in [3.63, 3.8) is 0 Å². The Morgan fingerprint density at radius 1 is 1.35 bits per heavy atom. The molecule has 108 valence electrons. The van der Waals surface area contributed by atoms with Crippen molar-refractivity contribution in [1.82, 2.24) is 20.1 Å². The maximum absolute atomic E-state index is 4.42. The second-order valence-electron chi connectivity index (χ2n) is 4.77. The van der Waals surface area contributed by atoms with Crippen molar-refractivity contribution < 1.29 is 0 Å². The highest BCUT2D eigenvalue weighted by Gasteiger charge is 2.19. The van der Waals surface area contributed by atoms with E-state index in [-0.39, 0.29) is 6.04 Å². The fourth-order valence-corrected chi connectivity index (χ4v) is 2.88. The van der Waals surface area contributed by atoms with Gasteiger partial charge in [0, 0.05) is 18.9 Å². The number of hydrogen-bond acceptors (Lipinski definition) is 3. The summed E-state index contributed by atoms with van der Waals surface area (Å²) in [4.78, 5) is 4.20. The maximum atomic E-state index is 4.42. The Kier molecular flexibility index (Phi) is 5.73. The van der Waals surface area contributed by atoms with Crippen LogP contribution in [-0.4, -0.2) is 21.3 Å². The number of rotatable bonds is 7. The van der Waals surface area contributed by atoms with Gasteiger partial charge in [-0.1, -0.05) is 13.0 Å². The predicted octanol–water partition coefficient (Wildman–Crippen LogP) is 3.34. The molecule has 0 spiro atoms. The largest absolute Gasteiger partial charge is 0.308 e. The van der Waals surface area contributed by atoms with Crippen molar-refractivity contribution in [3.8, 4) is 0 Å². The van der Waals surface area contributed by atoms with E-state index in [0.29, 0.717) is 0 Å². The van der Waals surface area contributed by atoms with Crippen molar-refractivity contribution in [3.05, 3.63) is 46.5 Å². The second-order valence-corrected chi connectivity index (χ2v) is 5.62. The van der Waals surface area contributed by atoms with E-state index in [4.69, 9.17) is 0 Å². The normalized spacial score (nSPS) is 12.6. The molecule has 0 saturated carbocycles. The standard InChI is InChI=1S/C15H21BrN4/c1-3-7-18-14(9-12-6-5-8-17-10-12)15-13(16)11-19-20(15)4-2/h5-6,8,10-11,14,18H,3-4,7,9H2,1-2H3. The van der Waals surface area contributed by atoms with Crippen LogP contribution in [0.1, 0.15) is 37.6 Å². The highest BCUT2D eigenvalue weighted by atomic mass is 79.9. The summed E-state index contributed by atoms with van der Waals surface area (Å²) in [5.74, 6) is 0. The van der Waals surface area contributed by atoms with Gasteiger partial charge in [-0.05, 0) is 53.9 Å². The zero-order chi connectivity index (χ0) is 14.4. The summed E-state index contributed by atoms with van der Waals surface area (Å²) in [6.07, 6.45) is 7.65. The fraction of sp³-hybridized carbons (Fsp3) is 0.467. The molecule has 1 N–H and O–H groups in total. The van der Waals surface area contributed by atoms with Gasteiger partial charge in [0.15, 0.2) is 0 Å². The lowest BCUT2D eigenvalue weighted by molar-refractivity contribution is 0.477. The molecule has 0 saturated heterocycles. The number of halogens is 1. The average molecular weight is 337 g/mol. The van der Waals surface area contributed by atoms with Crippen LogP contribution in [0.5, 0.6) is 0 Å². The molecule has 2 rings (SSSR count). The third-order valence-corrected chi connectivity index (χ3v) is 3.88. The van der Waals surface area contributed by atoms with E-state index in [2.05, 4.69) is 51.2 Å². The Bertz CT molecular complexity index is 524. The molecule has 0 amide bonds. The van der Waals surface area contributed by atoms with Gasteiger partial charge in [0.05, 0.1) is 22.4 Å². The molecule has 0 aliphatic rings. The zero-order valence-electron chi connectivity index (χ0n) is 12.0. The van der Waals surface area contributed by atoms with E-state index in [0.717, 1.165) is 30.4 Å². The number of pyridine rings is 1. The first kappa shape index (κ1) is 15.2. The summed E-state index contributed by atoms with van der Waals surface area (Å²) in [6.45, 7) is 6.16. The van der Waals surface area contributed by atoms with Crippen molar-refractivity contribution in [2.24, 2.45) is 0 Å². The Hall–Kier alpha value is -1.20. The van der Waals surface area contributed by atoms with E-state index in [1.807, 2.05) is 29.3 Å². The number of aromatic nitrogens is 3. The lowest BCUT2D eigenvalue weighted by Crippen LogP contribution is -2.27. The number of hydrogen-bond donors (Lipinski definition) is 1. The van der Waals surface area contributed by atoms with E-state index in [9.17, 15) is 0 Å². The minimum atomic E-state index is 0.246. The Labute approximate surface area is 128 Å². The number of aryl methyl sites for hydroxylation is 1. The monoisotopic (exact) mass is 336 g/mol. The summed E-state index contributed by atoms with van der Waals surface area (Å²) in [5, 5.41) is 8.04. The summed E-state index contributed by atoms with van der Waals surface area (Å²) in [5.41, 5.74) is 2.45. The lowest BCUT2D eigenvalue weighted by Gasteiger charge is -2.20. The van der Waals surface area contributed by atoms with Crippen molar-refractivity contribution in [2.75, 3.05) is 6.54 Å². The van der Waals surface area contributed by atoms with Crippen LogP contribution in [0.25, 0.3) is 0 Å². The highest BCUT2D eigenvalue weighted by molar-refractivity contribution is 9.10. The van der Waals surface area contributed by atoms with Crippen LogP contribution in [0.3, 0.4) is 0 Å². The lowest BCUT2D eigenvalue weighted by atomic mass is 10.0. The average Bonchev–Trinajstić information content (AvgIpc) is 2.85. The SMILES string of the molecule is CCCNC(Cc1cccnc1)c1c(Br)cnn1CC. The molecule has 1 unspecified atom stereocenters. The third-order valence-electron chi connectivity index (χ3n) is 3.27. The minimum absolute atomic E-state index is 0.246. The van der Waals surface area contributed by atoms with E-state index in [1.165, 1.54) is 11.3 Å². The van der Waals surface area contributed by atoms with Crippen molar-refractivity contribution in [1.29, 1.82) is 0 Å².